The molecule has 0 spiro atoms. The molecule has 0 amide bonds. The van der Waals surface area contributed by atoms with E-state index < -0.39 is 5.97 Å². The largest absolute Gasteiger partial charge is 0.480 e. The van der Waals surface area contributed by atoms with E-state index >= 15 is 0 Å². The second-order valence-electron chi connectivity index (χ2n) is 3.78. The van der Waals surface area contributed by atoms with Crippen molar-refractivity contribution < 1.29 is 19.1 Å². The van der Waals surface area contributed by atoms with Gasteiger partial charge >= 0.3 is 5.97 Å². The lowest BCUT2D eigenvalue weighted by molar-refractivity contribution is -0.149. The highest BCUT2D eigenvalue weighted by atomic mass is 16.6. The second kappa shape index (κ2) is 5.98. The maximum Gasteiger partial charge on any atom is 0.344 e. The summed E-state index contributed by atoms with van der Waals surface area (Å²) in [5.74, 6) is -0.191. The summed E-state index contributed by atoms with van der Waals surface area (Å²) in [6.07, 6.45) is 0.406. The third-order valence-electron chi connectivity index (χ3n) is 1.85. The van der Waals surface area contributed by atoms with Gasteiger partial charge in [0, 0.05) is 5.69 Å². The van der Waals surface area contributed by atoms with E-state index in [2.05, 4.69) is 4.98 Å². The van der Waals surface area contributed by atoms with Crippen molar-refractivity contribution in [2.45, 2.75) is 26.9 Å². The summed E-state index contributed by atoms with van der Waals surface area (Å²) >= 11 is 0. The molecule has 0 fully saturated rings. The number of aromatic nitrogens is 1. The zero-order chi connectivity index (χ0) is 12.8. The Morgan fingerprint density at radius 2 is 2.18 bits per heavy atom. The molecular formula is C12H15NO4. The number of hydrogen-bond donors (Lipinski definition) is 0. The number of aryl methyl sites for hydroxylation is 1. The predicted octanol–water partition coefficient (Wildman–Crippen LogP) is 1.53. The minimum atomic E-state index is -0.475. The third kappa shape index (κ3) is 4.22. The summed E-state index contributed by atoms with van der Waals surface area (Å²) in [7, 11) is 0. The first-order valence-electron chi connectivity index (χ1n) is 5.28. The summed E-state index contributed by atoms with van der Waals surface area (Å²) in [5, 5.41) is 0. The summed E-state index contributed by atoms with van der Waals surface area (Å²) in [6.45, 7) is 5.04. The summed E-state index contributed by atoms with van der Waals surface area (Å²) in [5.41, 5.74) is 0.895. The average molecular weight is 237 g/mol. The lowest BCUT2D eigenvalue weighted by Gasteiger charge is -2.10. The van der Waals surface area contributed by atoms with Gasteiger partial charge in [-0.25, -0.2) is 9.78 Å². The molecule has 0 aliphatic heterocycles. The van der Waals surface area contributed by atoms with Crippen molar-refractivity contribution in [1.29, 1.82) is 0 Å². The van der Waals surface area contributed by atoms with Gasteiger partial charge < -0.3 is 9.47 Å². The molecule has 0 bridgehead atoms. The molecule has 5 heteroatoms. The normalized spacial score (nSPS) is 10.1. The number of carbonyl (C=O) groups is 2. The van der Waals surface area contributed by atoms with Crippen LogP contribution in [0.3, 0.4) is 0 Å². The molecule has 0 aliphatic carbocycles. The summed E-state index contributed by atoms with van der Waals surface area (Å²) in [6, 6.07) is 3.31. The Bertz CT molecular complexity index is 415. The van der Waals surface area contributed by atoms with Gasteiger partial charge in [0.05, 0.1) is 6.10 Å². The van der Waals surface area contributed by atoms with Gasteiger partial charge in [-0.1, -0.05) is 0 Å². The van der Waals surface area contributed by atoms with Gasteiger partial charge in [-0.05, 0) is 32.9 Å². The highest BCUT2D eigenvalue weighted by Gasteiger charge is 2.09. The molecule has 1 rings (SSSR count). The molecular weight excluding hydrogens is 222 g/mol. The van der Waals surface area contributed by atoms with Gasteiger partial charge in [0.2, 0.25) is 0 Å². The fourth-order valence-electron chi connectivity index (χ4n) is 1.20. The summed E-state index contributed by atoms with van der Waals surface area (Å²) in [4.78, 5) is 26.0. The molecule has 0 aromatic carbocycles. The van der Waals surface area contributed by atoms with Gasteiger partial charge in [0.1, 0.15) is 11.4 Å². The molecule has 17 heavy (non-hydrogen) atoms. The zero-order valence-electron chi connectivity index (χ0n) is 10.1. The topological polar surface area (TPSA) is 65.5 Å². The molecule has 0 unspecified atom stereocenters. The smallest absolute Gasteiger partial charge is 0.344 e. The lowest BCUT2D eigenvalue weighted by Crippen LogP contribution is -2.19. The van der Waals surface area contributed by atoms with Crippen LogP contribution < -0.4 is 4.74 Å². The van der Waals surface area contributed by atoms with Crippen molar-refractivity contribution in [1.82, 2.24) is 4.98 Å². The van der Waals surface area contributed by atoms with E-state index in [0.29, 0.717) is 12.0 Å². The highest BCUT2D eigenvalue weighted by molar-refractivity contribution is 5.77. The first kappa shape index (κ1) is 13.2. The van der Waals surface area contributed by atoms with E-state index in [1.165, 1.54) is 0 Å². The molecule has 1 heterocycles. The Kier molecular flexibility index (Phi) is 4.63. The van der Waals surface area contributed by atoms with Crippen LogP contribution in [0.2, 0.25) is 0 Å². The Morgan fingerprint density at radius 3 is 2.76 bits per heavy atom. The number of rotatable bonds is 5. The minimum Gasteiger partial charge on any atom is -0.480 e. The second-order valence-corrected chi connectivity index (χ2v) is 3.78. The number of nitrogens with zero attached hydrogens (tertiary/aromatic N) is 1. The first-order valence-corrected chi connectivity index (χ1v) is 5.28. The average Bonchev–Trinajstić information content (AvgIpc) is 2.26. The van der Waals surface area contributed by atoms with Crippen LogP contribution in [0.25, 0.3) is 0 Å². The van der Waals surface area contributed by atoms with Gasteiger partial charge in [0.25, 0.3) is 0 Å². The third-order valence-corrected chi connectivity index (χ3v) is 1.85. The van der Waals surface area contributed by atoms with E-state index in [4.69, 9.17) is 9.47 Å². The van der Waals surface area contributed by atoms with E-state index in [1.807, 2.05) is 0 Å². The van der Waals surface area contributed by atoms with Gasteiger partial charge in [-0.3, -0.25) is 4.79 Å². The molecule has 0 radical (unpaired) electrons. The Morgan fingerprint density at radius 1 is 1.47 bits per heavy atom. The molecule has 92 valence electrons. The predicted molar refractivity (Wildman–Crippen MR) is 61.1 cm³/mol. The maximum absolute atomic E-state index is 11.2. The van der Waals surface area contributed by atoms with Crippen molar-refractivity contribution in [3.63, 3.8) is 0 Å². The number of pyridine rings is 1. The van der Waals surface area contributed by atoms with Crippen molar-refractivity contribution in [2.75, 3.05) is 6.61 Å². The van der Waals surface area contributed by atoms with E-state index in [-0.39, 0.29) is 24.2 Å². The fourth-order valence-corrected chi connectivity index (χ4v) is 1.20. The Hall–Kier alpha value is -1.91. The monoisotopic (exact) mass is 237 g/mol. The molecule has 1 aromatic rings. The van der Waals surface area contributed by atoms with Crippen LogP contribution in [0.15, 0.2) is 12.1 Å². The van der Waals surface area contributed by atoms with Crippen LogP contribution in [0.5, 0.6) is 5.75 Å². The number of aldehydes is 1. The number of hydrogen-bond acceptors (Lipinski definition) is 5. The van der Waals surface area contributed by atoms with Gasteiger partial charge in [-0.15, -0.1) is 0 Å². The van der Waals surface area contributed by atoms with Crippen LogP contribution in [0.1, 0.15) is 30.0 Å². The van der Waals surface area contributed by atoms with Crippen LogP contribution in [-0.4, -0.2) is 30.0 Å². The van der Waals surface area contributed by atoms with E-state index in [1.54, 1.807) is 32.9 Å². The van der Waals surface area contributed by atoms with Gasteiger partial charge in [0.15, 0.2) is 12.9 Å². The SMILES string of the molecule is Cc1ccc(OCC(=O)OC(C)C)c(C=O)n1. The number of ether oxygens (including phenoxy) is 2. The highest BCUT2D eigenvalue weighted by Crippen LogP contribution is 2.14. The zero-order valence-corrected chi connectivity index (χ0v) is 10.1. The molecule has 1 aromatic heterocycles. The van der Waals surface area contributed by atoms with Crippen LogP contribution in [0.4, 0.5) is 0 Å². The Labute approximate surface area is 99.8 Å². The van der Waals surface area contributed by atoms with Gasteiger partial charge in [-0.2, -0.15) is 0 Å². The number of carbonyl (C=O) groups excluding carboxylic acids is 2. The first-order chi connectivity index (χ1) is 8.02. The summed E-state index contributed by atoms with van der Waals surface area (Å²) < 4.78 is 10.1. The van der Waals surface area contributed by atoms with Crippen molar-refractivity contribution in [2.24, 2.45) is 0 Å². The molecule has 0 saturated heterocycles. The van der Waals surface area contributed by atoms with Crippen LogP contribution in [-0.2, 0) is 9.53 Å². The fraction of sp³-hybridized carbons (Fsp3) is 0.417. The van der Waals surface area contributed by atoms with Crippen molar-refractivity contribution >= 4 is 12.3 Å². The lowest BCUT2D eigenvalue weighted by atomic mass is 10.3. The molecule has 0 aliphatic rings. The quantitative estimate of drug-likeness (QED) is 0.574. The molecule has 5 nitrogen and oxygen atoms in total. The van der Waals surface area contributed by atoms with E-state index in [9.17, 15) is 9.59 Å². The maximum atomic E-state index is 11.2. The number of esters is 1. The minimum absolute atomic E-state index is 0.183. The van der Waals surface area contributed by atoms with Crippen molar-refractivity contribution in [3.05, 3.63) is 23.5 Å². The Balaban J connectivity index is 2.63. The van der Waals surface area contributed by atoms with Crippen LogP contribution >= 0.6 is 0 Å². The standard InChI is InChI=1S/C12H15NO4/c1-8(2)17-12(15)7-16-11-5-4-9(3)13-10(11)6-14/h4-6,8H,7H2,1-3H3. The molecule has 0 atom stereocenters. The van der Waals surface area contributed by atoms with Crippen molar-refractivity contribution in [3.8, 4) is 5.75 Å². The van der Waals surface area contributed by atoms with Crippen LogP contribution in [0, 0.1) is 6.92 Å². The van der Waals surface area contributed by atoms with E-state index in [0.717, 1.165) is 0 Å². The molecule has 0 N–H and O–H groups in total. The molecule has 0 saturated carbocycles.